The summed E-state index contributed by atoms with van der Waals surface area (Å²) in [4.78, 5) is 37.0. The summed E-state index contributed by atoms with van der Waals surface area (Å²) in [5.74, 6) is -0.954. The molecule has 1 aromatic rings. The monoisotopic (exact) mass is 360 g/mol. The van der Waals surface area contributed by atoms with Gasteiger partial charge in [0.05, 0.1) is 19.2 Å². The molecule has 9 heteroatoms. The van der Waals surface area contributed by atoms with Gasteiger partial charge < -0.3 is 14.4 Å². The van der Waals surface area contributed by atoms with Crippen LogP contribution in [0.15, 0.2) is 12.1 Å². The lowest BCUT2D eigenvalue weighted by Gasteiger charge is -2.31. The van der Waals surface area contributed by atoms with Crippen molar-refractivity contribution in [2.45, 2.75) is 6.54 Å². The van der Waals surface area contributed by atoms with Crippen LogP contribution in [0, 0.1) is 0 Å². The third kappa shape index (κ3) is 3.35. The Labute approximate surface area is 142 Å². The lowest BCUT2D eigenvalue weighted by molar-refractivity contribution is -0.153. The van der Waals surface area contributed by atoms with Gasteiger partial charge in [-0.15, -0.1) is 0 Å². The van der Waals surface area contributed by atoms with E-state index in [-0.39, 0.29) is 19.6 Å². The molecular weight excluding hydrogens is 347 g/mol. The smallest absolute Gasteiger partial charge is 0.323 e. The molecule has 1 saturated heterocycles. The predicted molar refractivity (Wildman–Crippen MR) is 82.9 cm³/mol. The Kier molecular flexibility index (Phi) is 5.33. The molecule has 1 heterocycles. The number of piperazine rings is 1. The van der Waals surface area contributed by atoms with Crippen LogP contribution >= 0.6 is 23.2 Å². The summed E-state index contributed by atoms with van der Waals surface area (Å²) < 4.78 is 10.3. The van der Waals surface area contributed by atoms with Gasteiger partial charge in [-0.1, -0.05) is 17.7 Å². The zero-order valence-electron chi connectivity index (χ0n) is 12.5. The molecule has 0 atom stereocenters. The molecule has 0 unspecified atom stereocenters. The molecule has 2 rings (SSSR count). The number of amides is 3. The first kappa shape index (κ1) is 17.4. The van der Waals surface area contributed by atoms with E-state index in [2.05, 4.69) is 0 Å². The number of rotatable bonds is 4. The van der Waals surface area contributed by atoms with Gasteiger partial charge in [0.2, 0.25) is 0 Å². The summed E-state index contributed by atoms with van der Waals surface area (Å²) >= 11 is 11.5. The highest BCUT2D eigenvalue weighted by atomic mass is 35.5. The number of hydrogen-bond donors (Lipinski definition) is 0. The SMILES string of the molecule is COc1ccc(CN2CCN(C(=O)Cl)C(=O)C2=O)c(Cl)c1OC. The van der Waals surface area contributed by atoms with Crippen molar-refractivity contribution >= 4 is 40.4 Å². The molecule has 1 aliphatic rings. The molecule has 1 aromatic carbocycles. The highest BCUT2D eigenvalue weighted by Gasteiger charge is 2.35. The second-order valence-electron chi connectivity index (χ2n) is 4.71. The van der Waals surface area contributed by atoms with E-state index in [0.717, 1.165) is 0 Å². The standard InChI is InChI=1S/C14H14Cl2N2O5/c1-22-9-4-3-8(10(15)11(9)23-2)7-17-5-6-18(14(16)21)13(20)12(17)19/h3-4H,5-7H2,1-2H3. The molecule has 0 bridgehead atoms. The minimum absolute atomic E-state index is 0.0395. The van der Waals surface area contributed by atoms with Crippen molar-refractivity contribution in [2.24, 2.45) is 0 Å². The van der Waals surface area contributed by atoms with Crippen molar-refractivity contribution in [3.05, 3.63) is 22.7 Å². The number of benzene rings is 1. The molecule has 0 aliphatic carbocycles. The lowest BCUT2D eigenvalue weighted by atomic mass is 10.1. The Morgan fingerprint density at radius 2 is 1.87 bits per heavy atom. The van der Waals surface area contributed by atoms with Crippen LogP contribution in [0.3, 0.4) is 0 Å². The molecule has 1 fully saturated rings. The Balaban J connectivity index is 2.22. The van der Waals surface area contributed by atoms with Crippen molar-refractivity contribution in [1.82, 2.24) is 9.80 Å². The molecule has 124 valence electrons. The summed E-state index contributed by atoms with van der Waals surface area (Å²) in [5, 5.41) is -0.671. The summed E-state index contributed by atoms with van der Waals surface area (Å²) in [6, 6.07) is 3.34. The Bertz CT molecular complexity index is 665. The molecule has 1 aliphatic heterocycles. The molecule has 0 aromatic heterocycles. The Hall–Kier alpha value is -1.99. The number of imide groups is 1. The fourth-order valence-corrected chi connectivity index (χ4v) is 2.71. The first-order chi connectivity index (χ1) is 10.9. The van der Waals surface area contributed by atoms with E-state index >= 15 is 0 Å². The number of halogens is 2. The van der Waals surface area contributed by atoms with E-state index in [9.17, 15) is 14.4 Å². The third-order valence-corrected chi connectivity index (χ3v) is 4.07. The highest BCUT2D eigenvalue weighted by molar-refractivity contribution is 6.65. The van der Waals surface area contributed by atoms with Crippen molar-refractivity contribution in [1.29, 1.82) is 0 Å². The van der Waals surface area contributed by atoms with Crippen LogP contribution in [0.4, 0.5) is 4.79 Å². The van der Waals surface area contributed by atoms with Crippen molar-refractivity contribution in [2.75, 3.05) is 27.3 Å². The molecule has 23 heavy (non-hydrogen) atoms. The van der Waals surface area contributed by atoms with Gasteiger partial charge in [-0.2, -0.15) is 0 Å². The molecule has 3 amide bonds. The highest BCUT2D eigenvalue weighted by Crippen LogP contribution is 2.37. The predicted octanol–water partition coefficient (Wildman–Crippen LogP) is 1.89. The molecule has 0 saturated carbocycles. The van der Waals surface area contributed by atoms with Gasteiger partial charge in [0, 0.05) is 19.6 Å². The second-order valence-corrected chi connectivity index (χ2v) is 5.41. The summed E-state index contributed by atoms with van der Waals surface area (Å²) in [6.45, 7) is 0.319. The fraction of sp³-hybridized carbons (Fsp3) is 0.357. The number of methoxy groups -OCH3 is 2. The van der Waals surface area contributed by atoms with E-state index in [4.69, 9.17) is 32.7 Å². The molecular formula is C14H14Cl2N2O5. The van der Waals surface area contributed by atoms with Crippen LogP contribution in [-0.2, 0) is 16.1 Å². The largest absolute Gasteiger partial charge is 0.493 e. The van der Waals surface area contributed by atoms with E-state index < -0.39 is 17.2 Å². The quantitative estimate of drug-likeness (QED) is 0.465. The molecule has 0 N–H and O–H groups in total. The average molecular weight is 361 g/mol. The summed E-state index contributed by atoms with van der Waals surface area (Å²) in [6.07, 6.45) is 0. The first-order valence-electron chi connectivity index (χ1n) is 6.60. The fourth-order valence-electron chi connectivity index (χ4n) is 2.25. The first-order valence-corrected chi connectivity index (χ1v) is 7.35. The van der Waals surface area contributed by atoms with E-state index in [0.29, 0.717) is 27.0 Å². The van der Waals surface area contributed by atoms with Crippen LogP contribution in [0.5, 0.6) is 11.5 Å². The summed E-state index contributed by atoms with van der Waals surface area (Å²) in [7, 11) is 2.94. The normalized spacial score (nSPS) is 15.0. The number of nitrogens with zero attached hydrogens (tertiary/aromatic N) is 2. The topological polar surface area (TPSA) is 76.2 Å². The van der Waals surface area contributed by atoms with Crippen LogP contribution in [0.25, 0.3) is 0 Å². The van der Waals surface area contributed by atoms with Crippen LogP contribution in [0.2, 0.25) is 5.02 Å². The van der Waals surface area contributed by atoms with Crippen molar-refractivity contribution in [3.8, 4) is 11.5 Å². The number of carbonyl (C=O) groups is 3. The van der Waals surface area contributed by atoms with Gasteiger partial charge in [0.15, 0.2) is 11.5 Å². The van der Waals surface area contributed by atoms with Crippen LogP contribution in [-0.4, -0.2) is 54.3 Å². The molecule has 0 radical (unpaired) electrons. The minimum Gasteiger partial charge on any atom is -0.493 e. The minimum atomic E-state index is -0.966. The zero-order chi connectivity index (χ0) is 17.1. The number of carbonyl (C=O) groups excluding carboxylic acids is 3. The maximum absolute atomic E-state index is 12.1. The van der Waals surface area contributed by atoms with E-state index in [1.807, 2.05) is 0 Å². The maximum Gasteiger partial charge on any atom is 0.323 e. The van der Waals surface area contributed by atoms with Gasteiger partial charge >= 0.3 is 17.2 Å². The van der Waals surface area contributed by atoms with Gasteiger partial charge in [0.1, 0.15) is 0 Å². The van der Waals surface area contributed by atoms with Crippen molar-refractivity contribution < 1.29 is 23.9 Å². The summed E-state index contributed by atoms with van der Waals surface area (Å²) in [5.41, 5.74) is 0.594. The number of hydrogen-bond acceptors (Lipinski definition) is 5. The Morgan fingerprint density at radius 3 is 2.43 bits per heavy atom. The lowest BCUT2D eigenvalue weighted by Crippen LogP contribution is -2.54. The van der Waals surface area contributed by atoms with Gasteiger partial charge in [-0.3, -0.25) is 19.3 Å². The van der Waals surface area contributed by atoms with Gasteiger partial charge in [0.25, 0.3) is 0 Å². The average Bonchev–Trinajstić information content (AvgIpc) is 2.52. The van der Waals surface area contributed by atoms with Gasteiger partial charge in [-0.25, -0.2) is 0 Å². The number of ether oxygens (including phenoxy) is 2. The second kappa shape index (κ2) is 7.06. The van der Waals surface area contributed by atoms with Crippen molar-refractivity contribution in [3.63, 3.8) is 0 Å². The molecule has 0 spiro atoms. The van der Waals surface area contributed by atoms with Gasteiger partial charge in [-0.05, 0) is 23.2 Å². The van der Waals surface area contributed by atoms with E-state index in [1.54, 1.807) is 12.1 Å². The molecule has 7 nitrogen and oxygen atoms in total. The maximum atomic E-state index is 12.1. The van der Waals surface area contributed by atoms with Crippen LogP contribution < -0.4 is 9.47 Å². The third-order valence-electron chi connectivity index (χ3n) is 3.45. The van der Waals surface area contributed by atoms with E-state index in [1.165, 1.54) is 19.1 Å². The zero-order valence-corrected chi connectivity index (χ0v) is 14.0. The van der Waals surface area contributed by atoms with Crippen LogP contribution in [0.1, 0.15) is 5.56 Å². The Morgan fingerprint density at radius 1 is 1.17 bits per heavy atom.